The van der Waals surface area contributed by atoms with Gasteiger partial charge in [-0.25, -0.2) is 4.39 Å². The van der Waals surface area contributed by atoms with Crippen molar-refractivity contribution in [3.8, 4) is 0 Å². The third kappa shape index (κ3) is 2.92. The van der Waals surface area contributed by atoms with Crippen LogP contribution in [0.5, 0.6) is 0 Å². The molecule has 0 bridgehead atoms. The molecule has 0 amide bonds. The number of likely N-dealkylation sites (N-methyl/N-ethyl adjacent to an activating group) is 1. The summed E-state index contributed by atoms with van der Waals surface area (Å²) in [6.45, 7) is 1.71. The maximum absolute atomic E-state index is 13.5. The van der Waals surface area contributed by atoms with Crippen LogP contribution in [0, 0.1) is 0 Å². The molecule has 1 heterocycles. The number of alkyl halides is 2. The molecule has 2 rings (SSSR count). The van der Waals surface area contributed by atoms with E-state index in [9.17, 15) is 9.50 Å². The number of halogens is 2. The van der Waals surface area contributed by atoms with Gasteiger partial charge in [-0.3, -0.25) is 0 Å². The number of nitrogens with one attached hydrogen (secondary N) is 1. The van der Waals surface area contributed by atoms with E-state index < -0.39 is 18.3 Å². The van der Waals surface area contributed by atoms with Gasteiger partial charge in [0.1, 0.15) is 12.3 Å². The first kappa shape index (κ1) is 15.1. The first-order chi connectivity index (χ1) is 9.15. The van der Waals surface area contributed by atoms with Crippen LogP contribution in [0.2, 0.25) is 0 Å². The van der Waals surface area contributed by atoms with Crippen molar-refractivity contribution < 1.29 is 9.50 Å². The molecule has 0 saturated heterocycles. The van der Waals surface area contributed by atoms with E-state index in [2.05, 4.69) is 5.32 Å². The van der Waals surface area contributed by atoms with Crippen LogP contribution in [0.4, 0.5) is 4.39 Å². The Morgan fingerprint density at radius 1 is 1.58 bits per heavy atom. The number of aliphatic hydroxyl groups is 1. The molecule has 1 aliphatic heterocycles. The highest BCUT2D eigenvalue weighted by atomic mass is 35.5. The summed E-state index contributed by atoms with van der Waals surface area (Å²) in [5.41, 5.74) is 0.325. The van der Waals surface area contributed by atoms with Crippen molar-refractivity contribution in [1.29, 1.82) is 0 Å². The van der Waals surface area contributed by atoms with Crippen molar-refractivity contribution >= 4 is 23.4 Å². The van der Waals surface area contributed by atoms with E-state index in [4.69, 9.17) is 11.6 Å². The zero-order valence-corrected chi connectivity index (χ0v) is 12.5. The van der Waals surface area contributed by atoms with Gasteiger partial charge >= 0.3 is 0 Å². The van der Waals surface area contributed by atoms with E-state index in [1.54, 1.807) is 11.8 Å². The summed E-state index contributed by atoms with van der Waals surface area (Å²) in [6.07, 6.45) is 1.04. The first-order valence-electron chi connectivity index (χ1n) is 6.49. The van der Waals surface area contributed by atoms with E-state index in [1.165, 1.54) is 5.56 Å². The fourth-order valence-electron chi connectivity index (χ4n) is 2.40. The van der Waals surface area contributed by atoms with Gasteiger partial charge in [-0.05, 0) is 30.2 Å². The minimum atomic E-state index is -1.56. The van der Waals surface area contributed by atoms with Gasteiger partial charge in [-0.2, -0.15) is 0 Å². The second kappa shape index (κ2) is 6.44. The average Bonchev–Trinajstić information content (AvgIpc) is 2.91. The van der Waals surface area contributed by atoms with E-state index >= 15 is 0 Å². The van der Waals surface area contributed by atoms with Crippen LogP contribution in [-0.4, -0.2) is 36.0 Å². The van der Waals surface area contributed by atoms with Crippen LogP contribution >= 0.6 is 23.4 Å². The summed E-state index contributed by atoms with van der Waals surface area (Å²) in [6, 6.07) is 5.22. The maximum Gasteiger partial charge on any atom is 0.134 e. The Hall–Kier alpha value is -0.290. The van der Waals surface area contributed by atoms with Crippen LogP contribution < -0.4 is 5.32 Å². The van der Waals surface area contributed by atoms with Gasteiger partial charge in [0, 0.05) is 16.5 Å². The summed E-state index contributed by atoms with van der Waals surface area (Å²) in [5, 5.41) is 13.7. The Kier molecular flexibility index (Phi) is 5.12. The molecule has 1 aromatic rings. The lowest BCUT2D eigenvalue weighted by Crippen LogP contribution is -2.51. The van der Waals surface area contributed by atoms with Crippen molar-refractivity contribution in [3.63, 3.8) is 0 Å². The normalized spacial score (nSPS) is 18.9. The minimum absolute atomic E-state index is 0.165. The van der Waals surface area contributed by atoms with E-state index in [0.717, 1.165) is 17.1 Å². The molecule has 0 aromatic heterocycles. The van der Waals surface area contributed by atoms with Gasteiger partial charge in [-0.1, -0.05) is 19.1 Å². The molecule has 2 atom stereocenters. The van der Waals surface area contributed by atoms with E-state index in [-0.39, 0.29) is 5.88 Å². The number of aryl methyl sites for hydroxylation is 1. The second-order valence-electron chi connectivity index (χ2n) is 4.74. The number of rotatable bonds is 6. The molecule has 0 spiro atoms. The van der Waals surface area contributed by atoms with Gasteiger partial charge in [0.25, 0.3) is 0 Å². The zero-order valence-electron chi connectivity index (χ0n) is 11.0. The standard InChI is InChI=1S/C14H19ClFNOS/c1-2-17-13(8-15)14(18,9-16)11-4-3-10-5-6-19-12(10)7-11/h3-4,7,13,17-18H,2,5-6,8-9H2,1H3. The molecule has 2 nitrogen and oxygen atoms in total. The van der Waals surface area contributed by atoms with Gasteiger partial charge < -0.3 is 10.4 Å². The predicted octanol–water partition coefficient (Wildman–Crippen LogP) is 2.71. The molecule has 1 aromatic carbocycles. The highest BCUT2D eigenvalue weighted by molar-refractivity contribution is 7.99. The Morgan fingerprint density at radius 3 is 3.00 bits per heavy atom. The summed E-state index contributed by atoms with van der Waals surface area (Å²) >= 11 is 7.64. The van der Waals surface area contributed by atoms with Crippen LogP contribution in [0.25, 0.3) is 0 Å². The molecule has 0 saturated carbocycles. The van der Waals surface area contributed by atoms with Crippen molar-refractivity contribution in [2.24, 2.45) is 0 Å². The van der Waals surface area contributed by atoms with E-state index in [1.807, 2.05) is 25.1 Å². The van der Waals surface area contributed by atoms with Crippen LogP contribution in [0.15, 0.2) is 23.1 Å². The fraction of sp³-hybridized carbons (Fsp3) is 0.571. The Labute approximate surface area is 122 Å². The SMILES string of the molecule is CCNC(CCl)C(O)(CF)c1ccc2c(c1)SCC2. The molecule has 2 N–H and O–H groups in total. The smallest absolute Gasteiger partial charge is 0.134 e. The molecule has 2 unspecified atom stereocenters. The Balaban J connectivity index is 2.34. The predicted molar refractivity (Wildman–Crippen MR) is 78.9 cm³/mol. The van der Waals surface area contributed by atoms with E-state index in [0.29, 0.717) is 12.1 Å². The third-order valence-electron chi connectivity index (χ3n) is 3.58. The quantitative estimate of drug-likeness (QED) is 0.793. The molecule has 0 radical (unpaired) electrons. The zero-order chi connectivity index (χ0) is 13.9. The van der Waals surface area contributed by atoms with Crippen molar-refractivity contribution in [2.45, 2.75) is 29.9 Å². The highest BCUT2D eigenvalue weighted by Crippen LogP contribution is 2.36. The lowest BCUT2D eigenvalue weighted by Gasteiger charge is -2.34. The third-order valence-corrected chi connectivity index (χ3v) is 4.99. The Bertz CT molecular complexity index is 445. The molecular weight excluding hydrogens is 285 g/mol. The molecule has 19 heavy (non-hydrogen) atoms. The number of hydrogen-bond donors (Lipinski definition) is 2. The van der Waals surface area contributed by atoms with Gasteiger partial charge in [-0.15, -0.1) is 23.4 Å². The summed E-state index contributed by atoms with van der Waals surface area (Å²) in [7, 11) is 0. The number of hydrogen-bond acceptors (Lipinski definition) is 3. The van der Waals surface area contributed by atoms with Crippen molar-refractivity contribution in [3.05, 3.63) is 29.3 Å². The molecule has 106 valence electrons. The summed E-state index contributed by atoms with van der Waals surface area (Å²) < 4.78 is 13.5. The topological polar surface area (TPSA) is 32.3 Å². The summed E-state index contributed by atoms with van der Waals surface area (Å²) in [4.78, 5) is 1.15. The molecular formula is C14H19ClFNOS. The summed E-state index contributed by atoms with van der Waals surface area (Å²) in [5.74, 6) is 1.22. The number of thioether (sulfide) groups is 1. The molecule has 0 fully saturated rings. The van der Waals surface area contributed by atoms with Crippen LogP contribution in [0.3, 0.4) is 0 Å². The van der Waals surface area contributed by atoms with Crippen molar-refractivity contribution in [1.82, 2.24) is 5.32 Å². The van der Waals surface area contributed by atoms with Gasteiger partial charge in [0.05, 0.1) is 6.04 Å². The van der Waals surface area contributed by atoms with Crippen LogP contribution in [-0.2, 0) is 12.0 Å². The largest absolute Gasteiger partial charge is 0.381 e. The minimum Gasteiger partial charge on any atom is -0.381 e. The molecule has 5 heteroatoms. The lowest BCUT2D eigenvalue weighted by molar-refractivity contribution is -0.0181. The fourth-order valence-corrected chi connectivity index (χ4v) is 3.88. The molecule has 0 aliphatic carbocycles. The van der Waals surface area contributed by atoms with Crippen molar-refractivity contribution in [2.75, 3.05) is 24.9 Å². The Morgan fingerprint density at radius 2 is 2.37 bits per heavy atom. The highest BCUT2D eigenvalue weighted by Gasteiger charge is 2.38. The average molecular weight is 304 g/mol. The molecule has 1 aliphatic rings. The second-order valence-corrected chi connectivity index (χ2v) is 6.19. The van der Waals surface area contributed by atoms with Crippen LogP contribution in [0.1, 0.15) is 18.1 Å². The monoisotopic (exact) mass is 303 g/mol. The lowest BCUT2D eigenvalue weighted by atomic mass is 9.87. The van der Waals surface area contributed by atoms with Gasteiger partial charge in [0.15, 0.2) is 0 Å². The maximum atomic E-state index is 13.5. The first-order valence-corrected chi connectivity index (χ1v) is 8.01. The number of benzene rings is 1. The number of fused-ring (bicyclic) bond motifs is 1. The van der Waals surface area contributed by atoms with Gasteiger partial charge in [0.2, 0.25) is 0 Å².